The van der Waals surface area contributed by atoms with E-state index in [1.54, 1.807) is 7.05 Å². The van der Waals surface area contributed by atoms with Crippen LogP contribution in [0.1, 0.15) is 6.42 Å². The monoisotopic (exact) mass is 173 g/mol. The molecule has 4 heteroatoms. The Kier molecular flexibility index (Phi) is 3.72. The van der Waals surface area contributed by atoms with Crippen LogP contribution in [0, 0.1) is 0 Å². The molecule has 1 N–H and O–H groups in total. The first kappa shape index (κ1) is 8.87. The van der Waals surface area contributed by atoms with Crippen LogP contribution in [-0.2, 0) is 4.79 Å². The summed E-state index contributed by atoms with van der Waals surface area (Å²) in [6, 6.07) is 0. The summed E-state index contributed by atoms with van der Waals surface area (Å²) in [6.45, 7) is 1.80. The van der Waals surface area contributed by atoms with Gasteiger partial charge in [-0.25, -0.2) is 5.32 Å². The standard InChI is InChI=1S/C7H13N2OS/c1-8-7(10)4-6-5-9-2-3-11-6/h6H,2-5H2,1H3,(H,8,10). The summed E-state index contributed by atoms with van der Waals surface area (Å²) in [5.74, 6) is 1.20. The van der Waals surface area contributed by atoms with Crippen molar-refractivity contribution in [3.8, 4) is 0 Å². The molecule has 1 heterocycles. The number of thioether (sulfide) groups is 1. The highest BCUT2D eigenvalue weighted by atomic mass is 32.2. The number of carbonyl (C=O) groups is 1. The van der Waals surface area contributed by atoms with E-state index >= 15 is 0 Å². The first-order chi connectivity index (χ1) is 5.33. The van der Waals surface area contributed by atoms with Crippen molar-refractivity contribution in [3.63, 3.8) is 0 Å². The van der Waals surface area contributed by atoms with Gasteiger partial charge in [0.1, 0.15) is 0 Å². The van der Waals surface area contributed by atoms with Gasteiger partial charge in [0.05, 0.1) is 0 Å². The number of hydrogen-bond acceptors (Lipinski definition) is 2. The third-order valence-electron chi connectivity index (χ3n) is 1.63. The molecule has 1 aliphatic rings. The minimum Gasteiger partial charge on any atom is -0.359 e. The van der Waals surface area contributed by atoms with E-state index < -0.39 is 0 Å². The largest absolute Gasteiger partial charge is 0.359 e. The van der Waals surface area contributed by atoms with Crippen molar-refractivity contribution in [2.45, 2.75) is 11.7 Å². The number of amides is 1. The van der Waals surface area contributed by atoms with E-state index in [2.05, 4.69) is 10.6 Å². The van der Waals surface area contributed by atoms with Crippen molar-refractivity contribution in [2.75, 3.05) is 25.9 Å². The van der Waals surface area contributed by atoms with Crippen molar-refractivity contribution >= 4 is 17.7 Å². The zero-order valence-electron chi connectivity index (χ0n) is 6.67. The predicted molar refractivity (Wildman–Crippen MR) is 46.8 cm³/mol. The predicted octanol–water partition coefficient (Wildman–Crippen LogP) is -0.158. The Balaban J connectivity index is 2.19. The van der Waals surface area contributed by atoms with Gasteiger partial charge in [0.2, 0.25) is 5.91 Å². The quantitative estimate of drug-likeness (QED) is 0.630. The molecule has 1 saturated heterocycles. The molecule has 0 bridgehead atoms. The SMILES string of the molecule is CNC(=O)CC1C[N]CCS1. The van der Waals surface area contributed by atoms with E-state index in [1.807, 2.05) is 11.8 Å². The molecule has 0 aliphatic carbocycles. The summed E-state index contributed by atoms with van der Waals surface area (Å²) in [6.07, 6.45) is 0.616. The van der Waals surface area contributed by atoms with Gasteiger partial charge in [-0.1, -0.05) is 0 Å². The second-order valence-corrected chi connectivity index (χ2v) is 3.91. The molecule has 3 nitrogen and oxygen atoms in total. The van der Waals surface area contributed by atoms with Gasteiger partial charge in [-0.3, -0.25) is 4.79 Å². The Bertz CT molecular complexity index is 134. The number of rotatable bonds is 2. The summed E-state index contributed by atoms with van der Waals surface area (Å²) >= 11 is 1.85. The lowest BCUT2D eigenvalue weighted by atomic mass is 10.3. The van der Waals surface area contributed by atoms with Crippen molar-refractivity contribution in [3.05, 3.63) is 0 Å². The first-order valence-corrected chi connectivity index (χ1v) is 4.83. The van der Waals surface area contributed by atoms with Gasteiger partial charge in [-0.05, 0) is 0 Å². The van der Waals surface area contributed by atoms with E-state index in [0.717, 1.165) is 18.8 Å². The highest BCUT2D eigenvalue weighted by Gasteiger charge is 2.16. The Morgan fingerprint density at radius 2 is 2.64 bits per heavy atom. The topological polar surface area (TPSA) is 43.2 Å². The minimum atomic E-state index is 0.125. The minimum absolute atomic E-state index is 0.125. The van der Waals surface area contributed by atoms with E-state index in [-0.39, 0.29) is 5.91 Å². The summed E-state index contributed by atoms with van der Waals surface area (Å²) < 4.78 is 0. The molecule has 0 spiro atoms. The van der Waals surface area contributed by atoms with Crippen molar-refractivity contribution in [1.29, 1.82) is 0 Å². The van der Waals surface area contributed by atoms with Gasteiger partial charge < -0.3 is 5.32 Å². The smallest absolute Gasteiger partial charge is 0.220 e. The molecular weight excluding hydrogens is 160 g/mol. The molecule has 1 rings (SSSR count). The number of carbonyl (C=O) groups excluding carboxylic acids is 1. The molecule has 1 atom stereocenters. The molecular formula is C7H13N2OS. The van der Waals surface area contributed by atoms with Gasteiger partial charge in [0.25, 0.3) is 0 Å². The maximum Gasteiger partial charge on any atom is 0.220 e. The Morgan fingerprint density at radius 3 is 3.18 bits per heavy atom. The number of nitrogens with one attached hydrogen (secondary N) is 1. The average Bonchev–Trinajstić information content (AvgIpc) is 2.06. The lowest BCUT2D eigenvalue weighted by molar-refractivity contribution is -0.120. The van der Waals surface area contributed by atoms with Crippen molar-refractivity contribution in [2.24, 2.45) is 0 Å². The summed E-state index contributed by atoms with van der Waals surface area (Å²) in [7, 11) is 1.67. The highest BCUT2D eigenvalue weighted by Crippen LogP contribution is 2.16. The number of hydrogen-bond donors (Lipinski definition) is 1. The first-order valence-electron chi connectivity index (χ1n) is 3.78. The Labute approximate surface area is 71.3 Å². The molecule has 0 saturated carbocycles. The molecule has 0 aromatic rings. The average molecular weight is 173 g/mol. The van der Waals surface area contributed by atoms with Crippen molar-refractivity contribution in [1.82, 2.24) is 10.6 Å². The zero-order chi connectivity index (χ0) is 8.10. The van der Waals surface area contributed by atoms with Crippen LogP contribution in [-0.4, -0.2) is 37.0 Å². The molecule has 1 amide bonds. The molecule has 11 heavy (non-hydrogen) atoms. The second-order valence-electron chi connectivity index (χ2n) is 2.50. The molecule has 1 radical (unpaired) electrons. The summed E-state index contributed by atoms with van der Waals surface area (Å²) in [4.78, 5) is 10.9. The molecule has 0 aromatic heterocycles. The van der Waals surface area contributed by atoms with E-state index in [4.69, 9.17) is 0 Å². The van der Waals surface area contributed by atoms with E-state index in [0.29, 0.717) is 11.7 Å². The van der Waals surface area contributed by atoms with Crippen LogP contribution in [0.4, 0.5) is 0 Å². The van der Waals surface area contributed by atoms with Crippen LogP contribution >= 0.6 is 11.8 Å². The normalized spacial score (nSPS) is 24.6. The fourth-order valence-electron chi connectivity index (χ4n) is 1.00. The Morgan fingerprint density at radius 1 is 1.82 bits per heavy atom. The van der Waals surface area contributed by atoms with Crippen LogP contribution < -0.4 is 10.6 Å². The fraction of sp³-hybridized carbons (Fsp3) is 0.857. The number of nitrogens with zero attached hydrogens (tertiary/aromatic N) is 1. The van der Waals surface area contributed by atoms with Gasteiger partial charge in [0, 0.05) is 37.6 Å². The Hall–Kier alpha value is -0.220. The third-order valence-corrected chi connectivity index (χ3v) is 2.83. The molecule has 1 fully saturated rings. The van der Waals surface area contributed by atoms with Gasteiger partial charge >= 0.3 is 0 Å². The van der Waals surface area contributed by atoms with Crippen molar-refractivity contribution < 1.29 is 4.79 Å². The maximum atomic E-state index is 10.9. The van der Waals surface area contributed by atoms with Gasteiger partial charge in [0.15, 0.2) is 0 Å². The van der Waals surface area contributed by atoms with Crippen LogP contribution in [0.25, 0.3) is 0 Å². The van der Waals surface area contributed by atoms with E-state index in [1.165, 1.54) is 0 Å². The zero-order valence-corrected chi connectivity index (χ0v) is 7.49. The van der Waals surface area contributed by atoms with E-state index in [9.17, 15) is 4.79 Å². The van der Waals surface area contributed by atoms with Crippen LogP contribution in [0.5, 0.6) is 0 Å². The third kappa shape index (κ3) is 3.12. The molecule has 1 unspecified atom stereocenters. The molecule has 63 valence electrons. The lowest BCUT2D eigenvalue weighted by Crippen LogP contribution is -2.32. The van der Waals surface area contributed by atoms with Gasteiger partial charge in [-0.2, -0.15) is 11.8 Å². The highest BCUT2D eigenvalue weighted by molar-refractivity contribution is 8.00. The maximum absolute atomic E-state index is 10.9. The fourth-order valence-corrected chi connectivity index (χ4v) is 2.05. The van der Waals surface area contributed by atoms with Crippen LogP contribution in [0.15, 0.2) is 0 Å². The van der Waals surface area contributed by atoms with Crippen LogP contribution in [0.3, 0.4) is 0 Å². The molecule has 1 aliphatic heterocycles. The van der Waals surface area contributed by atoms with Gasteiger partial charge in [-0.15, -0.1) is 0 Å². The van der Waals surface area contributed by atoms with Crippen LogP contribution in [0.2, 0.25) is 0 Å². The summed E-state index contributed by atoms with van der Waals surface area (Å²) in [5, 5.41) is 7.28. The second kappa shape index (κ2) is 4.62. The lowest BCUT2D eigenvalue weighted by Gasteiger charge is -2.19. The molecule has 0 aromatic carbocycles. The summed E-state index contributed by atoms with van der Waals surface area (Å²) in [5.41, 5.74) is 0.